The van der Waals surface area contributed by atoms with E-state index in [1.807, 2.05) is 12.1 Å². The fourth-order valence-electron chi connectivity index (χ4n) is 1.68. The highest BCUT2D eigenvalue weighted by molar-refractivity contribution is 5.89. The van der Waals surface area contributed by atoms with Crippen molar-refractivity contribution in [2.24, 2.45) is 0 Å². The van der Waals surface area contributed by atoms with Crippen LogP contribution in [0, 0.1) is 0 Å². The average molecular weight is 250 g/mol. The molecular weight excluding hydrogens is 232 g/mol. The highest BCUT2D eigenvalue weighted by Crippen LogP contribution is 2.22. The van der Waals surface area contributed by atoms with Crippen LogP contribution in [0.4, 0.5) is 0 Å². The molecule has 1 aromatic carbocycles. The van der Waals surface area contributed by atoms with Crippen molar-refractivity contribution in [2.75, 3.05) is 13.4 Å². The highest BCUT2D eigenvalue weighted by atomic mass is 16.8. The van der Waals surface area contributed by atoms with E-state index < -0.39 is 6.29 Å². The normalized spacial score (nSPS) is 19.8. The van der Waals surface area contributed by atoms with Crippen molar-refractivity contribution < 1.29 is 19.0 Å². The predicted octanol–water partition coefficient (Wildman–Crippen LogP) is 2.47. The minimum Gasteiger partial charge on any atom is -0.429 e. The molecule has 98 valence electrons. The molecule has 1 unspecified atom stereocenters. The molecule has 1 aliphatic heterocycles. The molecule has 1 heterocycles. The van der Waals surface area contributed by atoms with Crippen LogP contribution in [-0.4, -0.2) is 25.7 Å². The third-order valence-corrected chi connectivity index (χ3v) is 2.82. The first-order valence-corrected chi connectivity index (χ1v) is 5.98. The summed E-state index contributed by atoms with van der Waals surface area (Å²) in [6, 6.07) is 7.45. The molecule has 0 aromatic heterocycles. The Hall–Kier alpha value is -1.39. The van der Waals surface area contributed by atoms with Gasteiger partial charge in [-0.3, -0.25) is 0 Å². The molecule has 0 saturated carbocycles. The summed E-state index contributed by atoms with van der Waals surface area (Å²) in [5.41, 5.74) is 1.78. The van der Waals surface area contributed by atoms with E-state index in [2.05, 4.69) is 20.8 Å². The molecule has 0 bridgehead atoms. The molecule has 1 aliphatic rings. The summed E-state index contributed by atoms with van der Waals surface area (Å²) in [5.74, 6) is -0.383. The van der Waals surface area contributed by atoms with E-state index in [4.69, 9.17) is 14.2 Å². The lowest BCUT2D eigenvalue weighted by molar-refractivity contribution is -0.0752. The maximum atomic E-state index is 11.8. The van der Waals surface area contributed by atoms with Crippen molar-refractivity contribution in [3.63, 3.8) is 0 Å². The summed E-state index contributed by atoms with van der Waals surface area (Å²) in [6.07, 6.45) is -0.584. The number of esters is 1. The number of benzene rings is 1. The zero-order chi connectivity index (χ0) is 13.2. The van der Waals surface area contributed by atoms with Gasteiger partial charge in [0.15, 0.2) is 6.79 Å². The van der Waals surface area contributed by atoms with Gasteiger partial charge in [-0.25, -0.2) is 4.79 Å². The summed E-state index contributed by atoms with van der Waals surface area (Å²) < 4.78 is 15.2. The number of hydrogen-bond acceptors (Lipinski definition) is 4. The molecule has 18 heavy (non-hydrogen) atoms. The van der Waals surface area contributed by atoms with Gasteiger partial charge in [-0.15, -0.1) is 0 Å². The third kappa shape index (κ3) is 3.09. The molecule has 0 radical (unpaired) electrons. The largest absolute Gasteiger partial charge is 0.429 e. The monoisotopic (exact) mass is 250 g/mol. The molecule has 1 saturated heterocycles. The van der Waals surface area contributed by atoms with E-state index in [0.29, 0.717) is 12.2 Å². The van der Waals surface area contributed by atoms with Crippen molar-refractivity contribution in [2.45, 2.75) is 32.5 Å². The van der Waals surface area contributed by atoms with Crippen LogP contribution in [0.15, 0.2) is 24.3 Å². The maximum absolute atomic E-state index is 11.8. The SMILES string of the molecule is CC(C)(C)c1ccc(C(=O)OC2COCO2)cc1. The quantitative estimate of drug-likeness (QED) is 0.756. The number of carbonyl (C=O) groups excluding carboxylic acids is 1. The minimum atomic E-state index is -0.584. The molecule has 0 aliphatic carbocycles. The fourth-order valence-corrected chi connectivity index (χ4v) is 1.68. The topological polar surface area (TPSA) is 44.8 Å². The molecule has 1 aromatic rings. The van der Waals surface area contributed by atoms with Crippen LogP contribution in [-0.2, 0) is 19.6 Å². The fraction of sp³-hybridized carbons (Fsp3) is 0.500. The van der Waals surface area contributed by atoms with Crippen molar-refractivity contribution in [3.8, 4) is 0 Å². The summed E-state index contributed by atoms with van der Waals surface area (Å²) in [6.45, 7) is 6.87. The van der Waals surface area contributed by atoms with Crippen molar-refractivity contribution >= 4 is 5.97 Å². The van der Waals surface area contributed by atoms with E-state index in [1.54, 1.807) is 12.1 Å². The third-order valence-electron chi connectivity index (χ3n) is 2.82. The Morgan fingerprint density at radius 1 is 1.28 bits per heavy atom. The number of carbonyl (C=O) groups is 1. The Labute approximate surface area is 107 Å². The van der Waals surface area contributed by atoms with E-state index in [1.165, 1.54) is 5.56 Å². The first-order valence-electron chi connectivity index (χ1n) is 5.98. The first kappa shape index (κ1) is 13.1. The zero-order valence-electron chi connectivity index (χ0n) is 10.9. The zero-order valence-corrected chi connectivity index (χ0v) is 10.9. The summed E-state index contributed by atoms with van der Waals surface area (Å²) in [4.78, 5) is 11.8. The number of ether oxygens (including phenoxy) is 3. The molecule has 0 N–H and O–H groups in total. The molecule has 1 fully saturated rings. The van der Waals surface area contributed by atoms with E-state index >= 15 is 0 Å². The van der Waals surface area contributed by atoms with Gasteiger partial charge in [0, 0.05) is 0 Å². The van der Waals surface area contributed by atoms with E-state index in [-0.39, 0.29) is 18.2 Å². The van der Waals surface area contributed by atoms with Crippen LogP contribution in [0.3, 0.4) is 0 Å². The molecule has 1 atom stereocenters. The summed E-state index contributed by atoms with van der Waals surface area (Å²) in [7, 11) is 0. The lowest BCUT2D eigenvalue weighted by atomic mass is 9.87. The highest BCUT2D eigenvalue weighted by Gasteiger charge is 2.21. The molecule has 4 nitrogen and oxygen atoms in total. The van der Waals surface area contributed by atoms with Crippen LogP contribution < -0.4 is 0 Å². The van der Waals surface area contributed by atoms with Crippen molar-refractivity contribution in [1.82, 2.24) is 0 Å². The van der Waals surface area contributed by atoms with Gasteiger partial charge in [-0.2, -0.15) is 0 Å². The van der Waals surface area contributed by atoms with Gasteiger partial charge < -0.3 is 14.2 Å². The lowest BCUT2D eigenvalue weighted by Gasteiger charge is -2.19. The van der Waals surface area contributed by atoms with Crippen LogP contribution in [0.1, 0.15) is 36.7 Å². The average Bonchev–Trinajstić information content (AvgIpc) is 2.81. The number of rotatable bonds is 2. The number of hydrogen-bond donors (Lipinski definition) is 0. The van der Waals surface area contributed by atoms with Gasteiger partial charge >= 0.3 is 5.97 Å². The second-order valence-corrected chi connectivity index (χ2v) is 5.32. The van der Waals surface area contributed by atoms with Crippen LogP contribution in [0.25, 0.3) is 0 Å². The van der Waals surface area contributed by atoms with E-state index in [0.717, 1.165) is 0 Å². The summed E-state index contributed by atoms with van der Waals surface area (Å²) >= 11 is 0. The Kier molecular flexibility index (Phi) is 3.68. The van der Waals surface area contributed by atoms with Crippen LogP contribution in [0.5, 0.6) is 0 Å². The predicted molar refractivity (Wildman–Crippen MR) is 66.2 cm³/mol. The molecule has 0 amide bonds. The van der Waals surface area contributed by atoms with Crippen LogP contribution >= 0.6 is 0 Å². The second-order valence-electron chi connectivity index (χ2n) is 5.32. The molecule has 4 heteroatoms. The summed E-state index contributed by atoms with van der Waals surface area (Å²) in [5, 5.41) is 0. The Bertz CT molecular complexity index is 410. The van der Waals surface area contributed by atoms with Crippen molar-refractivity contribution in [1.29, 1.82) is 0 Å². The van der Waals surface area contributed by atoms with E-state index in [9.17, 15) is 4.79 Å². The van der Waals surface area contributed by atoms with Gasteiger partial charge in [0.05, 0.1) is 5.56 Å². The molecule has 2 rings (SSSR count). The Morgan fingerprint density at radius 2 is 1.94 bits per heavy atom. The smallest absolute Gasteiger partial charge is 0.340 e. The van der Waals surface area contributed by atoms with Crippen molar-refractivity contribution in [3.05, 3.63) is 35.4 Å². The van der Waals surface area contributed by atoms with Gasteiger partial charge in [-0.05, 0) is 23.1 Å². The second kappa shape index (κ2) is 5.08. The molecular formula is C14H18O4. The van der Waals surface area contributed by atoms with Gasteiger partial charge in [0.1, 0.15) is 6.61 Å². The minimum absolute atomic E-state index is 0.0742. The Morgan fingerprint density at radius 3 is 2.44 bits per heavy atom. The first-order chi connectivity index (χ1) is 8.47. The standard InChI is InChI=1S/C14H18O4/c1-14(2,3)11-6-4-10(5-7-11)13(15)18-12-8-16-9-17-12/h4-7,12H,8-9H2,1-3H3. The molecule has 0 spiro atoms. The Balaban J connectivity index is 2.02. The van der Waals surface area contributed by atoms with Gasteiger partial charge in [0.25, 0.3) is 0 Å². The van der Waals surface area contributed by atoms with Gasteiger partial charge in [0.2, 0.25) is 6.29 Å². The lowest BCUT2D eigenvalue weighted by Crippen LogP contribution is -2.20. The maximum Gasteiger partial charge on any atom is 0.340 e. The van der Waals surface area contributed by atoms with Crippen LogP contribution in [0.2, 0.25) is 0 Å². The van der Waals surface area contributed by atoms with Gasteiger partial charge in [-0.1, -0.05) is 32.9 Å².